The summed E-state index contributed by atoms with van der Waals surface area (Å²) in [4.78, 5) is 4.23. The van der Waals surface area contributed by atoms with E-state index in [0.717, 1.165) is 0 Å². The highest BCUT2D eigenvalue weighted by Gasteiger charge is 2.15. The summed E-state index contributed by atoms with van der Waals surface area (Å²) in [5, 5.41) is 0. The molecule has 16 heavy (non-hydrogen) atoms. The SMILES string of the molecule is CC(C)Oc1ccc(N)c(OC(C)(C)C)n1. The summed E-state index contributed by atoms with van der Waals surface area (Å²) in [7, 11) is 0. The molecule has 0 unspecified atom stereocenters. The fourth-order valence-corrected chi connectivity index (χ4v) is 1.11. The average molecular weight is 224 g/mol. The van der Waals surface area contributed by atoms with Crippen molar-refractivity contribution in [2.45, 2.75) is 46.3 Å². The molecule has 1 heterocycles. The fourth-order valence-electron chi connectivity index (χ4n) is 1.11. The van der Waals surface area contributed by atoms with E-state index in [0.29, 0.717) is 17.4 Å². The van der Waals surface area contributed by atoms with Gasteiger partial charge in [-0.2, -0.15) is 4.98 Å². The number of pyridine rings is 1. The first-order valence-electron chi connectivity index (χ1n) is 5.40. The Balaban J connectivity index is 2.90. The predicted molar refractivity (Wildman–Crippen MR) is 64.8 cm³/mol. The van der Waals surface area contributed by atoms with Gasteiger partial charge in [0.05, 0.1) is 11.8 Å². The van der Waals surface area contributed by atoms with Gasteiger partial charge in [-0.3, -0.25) is 0 Å². The molecule has 0 aliphatic carbocycles. The third-order valence-electron chi connectivity index (χ3n) is 1.62. The van der Waals surface area contributed by atoms with Crippen molar-refractivity contribution in [3.05, 3.63) is 12.1 Å². The molecule has 4 nitrogen and oxygen atoms in total. The minimum absolute atomic E-state index is 0.0820. The van der Waals surface area contributed by atoms with Crippen LogP contribution in [0.2, 0.25) is 0 Å². The number of nitrogens with zero attached hydrogens (tertiary/aromatic N) is 1. The van der Waals surface area contributed by atoms with Crippen LogP contribution in [0.25, 0.3) is 0 Å². The Kier molecular flexibility index (Phi) is 3.62. The van der Waals surface area contributed by atoms with Gasteiger partial charge in [0.1, 0.15) is 5.60 Å². The van der Waals surface area contributed by atoms with Crippen LogP contribution < -0.4 is 15.2 Å². The van der Waals surface area contributed by atoms with E-state index in [1.807, 2.05) is 34.6 Å². The molecule has 4 heteroatoms. The lowest BCUT2D eigenvalue weighted by Gasteiger charge is -2.21. The van der Waals surface area contributed by atoms with Crippen molar-refractivity contribution in [3.63, 3.8) is 0 Å². The van der Waals surface area contributed by atoms with Crippen molar-refractivity contribution in [2.75, 3.05) is 5.73 Å². The molecule has 2 N–H and O–H groups in total. The van der Waals surface area contributed by atoms with E-state index in [4.69, 9.17) is 15.2 Å². The van der Waals surface area contributed by atoms with E-state index in [2.05, 4.69) is 4.98 Å². The molecule has 1 aromatic heterocycles. The second-order valence-electron chi connectivity index (χ2n) is 4.92. The van der Waals surface area contributed by atoms with Gasteiger partial charge in [0.15, 0.2) is 0 Å². The van der Waals surface area contributed by atoms with Gasteiger partial charge in [-0.15, -0.1) is 0 Å². The lowest BCUT2D eigenvalue weighted by molar-refractivity contribution is 0.122. The van der Waals surface area contributed by atoms with Gasteiger partial charge in [0.2, 0.25) is 11.8 Å². The number of anilines is 1. The standard InChI is InChI=1S/C12H20N2O2/c1-8(2)15-10-7-6-9(13)11(14-10)16-12(3,4)5/h6-8H,13H2,1-5H3. The molecule has 0 radical (unpaired) electrons. The smallest absolute Gasteiger partial charge is 0.241 e. The fraction of sp³-hybridized carbons (Fsp3) is 0.583. The molecular weight excluding hydrogens is 204 g/mol. The lowest BCUT2D eigenvalue weighted by Crippen LogP contribution is -2.24. The Hall–Kier alpha value is -1.45. The third kappa shape index (κ3) is 3.96. The van der Waals surface area contributed by atoms with Crippen LogP contribution >= 0.6 is 0 Å². The maximum absolute atomic E-state index is 5.78. The highest BCUT2D eigenvalue weighted by Crippen LogP contribution is 2.26. The number of hydrogen-bond acceptors (Lipinski definition) is 4. The minimum atomic E-state index is -0.322. The van der Waals surface area contributed by atoms with Gasteiger partial charge in [0.25, 0.3) is 0 Å². The largest absolute Gasteiger partial charge is 0.475 e. The quantitative estimate of drug-likeness (QED) is 0.857. The van der Waals surface area contributed by atoms with Crippen LogP contribution in [0.15, 0.2) is 12.1 Å². The molecule has 0 aliphatic rings. The van der Waals surface area contributed by atoms with Gasteiger partial charge in [0, 0.05) is 6.07 Å². The van der Waals surface area contributed by atoms with Crippen LogP contribution in [0, 0.1) is 0 Å². The Bertz CT molecular complexity index is 357. The molecule has 90 valence electrons. The summed E-state index contributed by atoms with van der Waals surface area (Å²) in [6.45, 7) is 9.74. The molecule has 0 aliphatic heterocycles. The molecule has 0 saturated heterocycles. The highest BCUT2D eigenvalue weighted by molar-refractivity contribution is 5.49. The van der Waals surface area contributed by atoms with Crippen LogP contribution in [0.5, 0.6) is 11.8 Å². The zero-order valence-corrected chi connectivity index (χ0v) is 10.6. The Labute approximate surface area is 96.8 Å². The number of hydrogen-bond donors (Lipinski definition) is 1. The number of nitrogen functional groups attached to an aromatic ring is 1. The lowest BCUT2D eigenvalue weighted by atomic mass is 10.2. The summed E-state index contributed by atoms with van der Waals surface area (Å²) >= 11 is 0. The van der Waals surface area contributed by atoms with Gasteiger partial charge < -0.3 is 15.2 Å². The maximum atomic E-state index is 5.78. The summed E-state index contributed by atoms with van der Waals surface area (Å²) < 4.78 is 11.1. The zero-order valence-electron chi connectivity index (χ0n) is 10.6. The average Bonchev–Trinajstić information content (AvgIpc) is 2.07. The van der Waals surface area contributed by atoms with E-state index in [-0.39, 0.29) is 11.7 Å². The van der Waals surface area contributed by atoms with Crippen molar-refractivity contribution in [1.29, 1.82) is 0 Å². The summed E-state index contributed by atoms with van der Waals surface area (Å²) in [6, 6.07) is 3.48. The van der Waals surface area contributed by atoms with Crippen LogP contribution in [0.3, 0.4) is 0 Å². The van der Waals surface area contributed by atoms with Crippen molar-refractivity contribution in [1.82, 2.24) is 4.98 Å². The monoisotopic (exact) mass is 224 g/mol. The van der Waals surface area contributed by atoms with Crippen LogP contribution in [0.4, 0.5) is 5.69 Å². The first-order chi connectivity index (χ1) is 7.28. The molecule has 1 rings (SSSR count). The van der Waals surface area contributed by atoms with Gasteiger partial charge in [-0.05, 0) is 40.7 Å². The molecular formula is C12H20N2O2. The molecule has 0 amide bonds. The van der Waals surface area contributed by atoms with E-state index < -0.39 is 0 Å². The third-order valence-corrected chi connectivity index (χ3v) is 1.62. The molecule has 1 aromatic rings. The minimum Gasteiger partial charge on any atom is -0.475 e. The van der Waals surface area contributed by atoms with Crippen molar-refractivity contribution >= 4 is 5.69 Å². The van der Waals surface area contributed by atoms with Crippen molar-refractivity contribution < 1.29 is 9.47 Å². The van der Waals surface area contributed by atoms with E-state index in [1.165, 1.54) is 0 Å². The van der Waals surface area contributed by atoms with Crippen LogP contribution in [-0.4, -0.2) is 16.7 Å². The normalized spacial score (nSPS) is 11.6. The van der Waals surface area contributed by atoms with Gasteiger partial charge >= 0.3 is 0 Å². The number of nitrogens with two attached hydrogens (primary N) is 1. The summed E-state index contributed by atoms with van der Waals surface area (Å²) in [5.41, 5.74) is 5.98. The van der Waals surface area contributed by atoms with E-state index in [9.17, 15) is 0 Å². The number of ether oxygens (including phenoxy) is 2. The molecule has 0 fully saturated rings. The van der Waals surface area contributed by atoms with E-state index >= 15 is 0 Å². The second-order valence-corrected chi connectivity index (χ2v) is 4.92. The summed E-state index contributed by atoms with van der Waals surface area (Å²) in [5.74, 6) is 0.953. The summed E-state index contributed by atoms with van der Waals surface area (Å²) in [6.07, 6.45) is 0.0820. The Morgan fingerprint density at radius 1 is 1.25 bits per heavy atom. The molecule has 0 saturated carbocycles. The highest BCUT2D eigenvalue weighted by atomic mass is 16.5. The van der Waals surface area contributed by atoms with Crippen molar-refractivity contribution in [3.8, 4) is 11.8 Å². The Morgan fingerprint density at radius 3 is 2.38 bits per heavy atom. The molecule has 0 spiro atoms. The predicted octanol–water partition coefficient (Wildman–Crippen LogP) is 2.63. The number of aromatic nitrogens is 1. The van der Waals surface area contributed by atoms with Gasteiger partial charge in [-0.25, -0.2) is 0 Å². The zero-order chi connectivity index (χ0) is 12.3. The first-order valence-corrected chi connectivity index (χ1v) is 5.40. The first kappa shape index (κ1) is 12.6. The van der Waals surface area contributed by atoms with E-state index in [1.54, 1.807) is 12.1 Å². The van der Waals surface area contributed by atoms with Gasteiger partial charge in [-0.1, -0.05) is 0 Å². The maximum Gasteiger partial charge on any atom is 0.241 e. The molecule has 0 aromatic carbocycles. The Morgan fingerprint density at radius 2 is 1.88 bits per heavy atom. The van der Waals surface area contributed by atoms with Crippen molar-refractivity contribution in [2.24, 2.45) is 0 Å². The topological polar surface area (TPSA) is 57.4 Å². The number of rotatable bonds is 3. The van der Waals surface area contributed by atoms with Crippen LogP contribution in [-0.2, 0) is 0 Å². The second kappa shape index (κ2) is 4.60. The molecule has 0 atom stereocenters. The van der Waals surface area contributed by atoms with Crippen LogP contribution in [0.1, 0.15) is 34.6 Å². The molecule has 0 bridgehead atoms.